The summed E-state index contributed by atoms with van der Waals surface area (Å²) >= 11 is 4.77. The van der Waals surface area contributed by atoms with Crippen molar-refractivity contribution in [3.05, 3.63) is 112 Å². The SMILES string of the molecule is O=C(Nc1nc2ccccc2s1)c1cccc2c1CN(c1nc(COO)c(CCCOc3ccc4nc(N5CCN(c6ccccn6)CC5)sc4c3)s1)CC2. The average molecular weight is 791 g/mol. The van der Waals surface area contributed by atoms with Gasteiger partial charge in [-0.1, -0.05) is 53.0 Å². The zero-order valence-corrected chi connectivity index (χ0v) is 32.3. The van der Waals surface area contributed by atoms with Gasteiger partial charge in [0, 0.05) is 55.9 Å². The van der Waals surface area contributed by atoms with Crippen LogP contribution in [-0.4, -0.2) is 70.4 Å². The number of nitrogens with zero attached hydrogens (tertiary/aromatic N) is 7. The van der Waals surface area contributed by atoms with Gasteiger partial charge in [-0.2, -0.15) is 0 Å². The Balaban J connectivity index is 0.815. The summed E-state index contributed by atoms with van der Waals surface area (Å²) in [5, 5.41) is 14.9. The summed E-state index contributed by atoms with van der Waals surface area (Å²) in [6, 6.07) is 25.9. The predicted molar refractivity (Wildman–Crippen MR) is 220 cm³/mol. The van der Waals surface area contributed by atoms with Gasteiger partial charge in [-0.25, -0.2) is 24.8 Å². The lowest BCUT2D eigenvalue weighted by molar-refractivity contribution is -0.253. The zero-order valence-electron chi connectivity index (χ0n) is 29.9. The van der Waals surface area contributed by atoms with E-state index >= 15 is 0 Å². The Bertz CT molecular complexity index is 2410. The van der Waals surface area contributed by atoms with Gasteiger partial charge in [-0.05, 0) is 78.9 Å². The molecule has 55 heavy (non-hydrogen) atoms. The van der Waals surface area contributed by atoms with Gasteiger partial charge < -0.3 is 19.4 Å². The molecule has 2 aliphatic heterocycles. The molecule has 0 bridgehead atoms. The van der Waals surface area contributed by atoms with Crippen molar-refractivity contribution >= 4 is 81.6 Å². The summed E-state index contributed by atoms with van der Waals surface area (Å²) in [5.41, 5.74) is 5.36. The van der Waals surface area contributed by atoms with Gasteiger partial charge in [0.15, 0.2) is 15.4 Å². The van der Waals surface area contributed by atoms with Crippen molar-refractivity contribution in [1.29, 1.82) is 0 Å². The number of pyridine rings is 1. The quantitative estimate of drug-likeness (QED) is 0.0712. The molecule has 1 saturated heterocycles. The second-order valence-corrected chi connectivity index (χ2v) is 16.5. The van der Waals surface area contributed by atoms with E-state index in [0.717, 1.165) is 116 Å². The number of amides is 1. The van der Waals surface area contributed by atoms with E-state index < -0.39 is 0 Å². The van der Waals surface area contributed by atoms with Gasteiger partial charge >= 0.3 is 0 Å². The number of fused-ring (bicyclic) bond motifs is 3. The first kappa shape index (κ1) is 35.5. The lowest BCUT2D eigenvalue weighted by Gasteiger charge is -2.35. The normalized spacial score (nSPS) is 14.5. The van der Waals surface area contributed by atoms with Gasteiger partial charge in [-0.3, -0.25) is 15.4 Å². The maximum absolute atomic E-state index is 13.5. The molecule has 0 spiro atoms. The first-order chi connectivity index (χ1) is 27.1. The Morgan fingerprint density at radius 1 is 0.800 bits per heavy atom. The van der Waals surface area contributed by atoms with Gasteiger partial charge in [0.1, 0.15) is 18.2 Å². The predicted octanol–water partition coefficient (Wildman–Crippen LogP) is 7.90. The number of aromatic nitrogens is 4. The van der Waals surface area contributed by atoms with E-state index in [9.17, 15) is 10.1 Å². The van der Waals surface area contributed by atoms with Crippen LogP contribution in [0.4, 0.5) is 21.2 Å². The molecule has 2 aliphatic rings. The molecule has 4 aromatic heterocycles. The van der Waals surface area contributed by atoms with Crippen LogP contribution in [0.25, 0.3) is 20.4 Å². The minimum atomic E-state index is -0.169. The van der Waals surface area contributed by atoms with Gasteiger partial charge in [0.05, 0.1) is 32.7 Å². The fourth-order valence-electron chi connectivity index (χ4n) is 7.13. The number of hydrogen-bond acceptors (Lipinski definition) is 14. The number of carbonyl (C=O) groups excluding carboxylic acids is 1. The highest BCUT2D eigenvalue weighted by molar-refractivity contribution is 7.22. The molecule has 0 radical (unpaired) electrons. The molecule has 0 saturated carbocycles. The van der Waals surface area contributed by atoms with Crippen molar-refractivity contribution in [3.8, 4) is 5.75 Å². The highest BCUT2D eigenvalue weighted by atomic mass is 32.1. The first-order valence-corrected chi connectivity index (χ1v) is 20.7. The van der Waals surface area contributed by atoms with Crippen molar-refractivity contribution in [1.82, 2.24) is 19.9 Å². The van der Waals surface area contributed by atoms with Gasteiger partial charge in [0.2, 0.25) is 0 Å². The molecular weight excluding hydrogens is 753 g/mol. The molecular formula is C40H38N8O4S3. The topological polar surface area (TPSA) is 129 Å². The van der Waals surface area contributed by atoms with Crippen molar-refractivity contribution in [3.63, 3.8) is 0 Å². The van der Waals surface area contributed by atoms with Crippen molar-refractivity contribution < 1.29 is 19.7 Å². The summed E-state index contributed by atoms with van der Waals surface area (Å²) in [7, 11) is 0. The number of piperazine rings is 1. The number of carbonyl (C=O) groups is 1. The fraction of sp³-hybridized carbons (Fsp3) is 0.275. The minimum Gasteiger partial charge on any atom is -0.494 e. The Kier molecular flexibility index (Phi) is 10.3. The van der Waals surface area contributed by atoms with E-state index in [2.05, 4.69) is 53.1 Å². The second kappa shape index (κ2) is 15.9. The summed E-state index contributed by atoms with van der Waals surface area (Å²) in [4.78, 5) is 44.9. The highest BCUT2D eigenvalue weighted by Crippen LogP contribution is 2.35. The number of aryl methyl sites for hydroxylation is 1. The maximum atomic E-state index is 13.5. The van der Waals surface area contributed by atoms with Crippen molar-refractivity contribution in [2.45, 2.75) is 32.4 Å². The van der Waals surface area contributed by atoms with Crippen molar-refractivity contribution in [2.24, 2.45) is 0 Å². The fourth-order valence-corrected chi connectivity index (χ4v) is 10.2. The van der Waals surface area contributed by atoms with Crippen LogP contribution in [-0.2, 0) is 30.9 Å². The largest absolute Gasteiger partial charge is 0.494 e. The number of thiazole rings is 3. The summed E-state index contributed by atoms with van der Waals surface area (Å²) in [5.74, 6) is 1.67. The molecule has 280 valence electrons. The van der Waals surface area contributed by atoms with E-state index in [4.69, 9.17) is 14.7 Å². The molecule has 0 aliphatic carbocycles. The van der Waals surface area contributed by atoms with Crippen LogP contribution in [0.1, 0.15) is 38.5 Å². The number of para-hydroxylation sites is 1. The summed E-state index contributed by atoms with van der Waals surface area (Å²) in [6.45, 7) is 5.49. The van der Waals surface area contributed by atoms with E-state index in [0.29, 0.717) is 23.8 Å². The van der Waals surface area contributed by atoms with E-state index in [-0.39, 0.29) is 12.5 Å². The number of benzene rings is 3. The Hall–Kier alpha value is -5.19. The van der Waals surface area contributed by atoms with E-state index in [1.54, 1.807) is 22.7 Å². The molecule has 0 atom stereocenters. The Morgan fingerprint density at radius 3 is 2.49 bits per heavy atom. The molecule has 7 aromatic rings. The number of ether oxygens (including phenoxy) is 1. The van der Waals surface area contributed by atoms with E-state index in [1.807, 2.05) is 66.9 Å². The molecule has 9 rings (SSSR count). The van der Waals surface area contributed by atoms with Crippen LogP contribution in [0.2, 0.25) is 0 Å². The first-order valence-electron chi connectivity index (χ1n) is 18.3. The third kappa shape index (κ3) is 7.71. The number of anilines is 4. The molecule has 15 heteroatoms. The summed E-state index contributed by atoms with van der Waals surface area (Å²) < 4.78 is 8.35. The second-order valence-electron chi connectivity index (χ2n) is 13.4. The Labute approximate surface area is 329 Å². The van der Waals surface area contributed by atoms with Crippen LogP contribution < -0.4 is 24.8 Å². The molecule has 6 heterocycles. The van der Waals surface area contributed by atoms with Crippen molar-refractivity contribution in [2.75, 3.05) is 59.3 Å². The lowest BCUT2D eigenvalue weighted by Crippen LogP contribution is -2.46. The molecule has 1 amide bonds. The van der Waals surface area contributed by atoms with Crippen LogP contribution in [0.15, 0.2) is 85.1 Å². The summed E-state index contributed by atoms with van der Waals surface area (Å²) in [6.07, 6.45) is 4.13. The molecule has 1 fully saturated rings. The smallest absolute Gasteiger partial charge is 0.257 e. The third-order valence-corrected chi connectivity index (χ3v) is 13.2. The zero-order chi connectivity index (χ0) is 37.1. The molecule has 2 N–H and O–H groups in total. The maximum Gasteiger partial charge on any atom is 0.257 e. The molecule has 0 unspecified atom stereocenters. The molecule has 3 aromatic carbocycles. The monoisotopic (exact) mass is 790 g/mol. The third-order valence-electron chi connectivity index (χ3n) is 9.96. The van der Waals surface area contributed by atoms with Gasteiger partial charge in [0.25, 0.3) is 5.91 Å². The Morgan fingerprint density at radius 2 is 1.64 bits per heavy atom. The highest BCUT2D eigenvalue weighted by Gasteiger charge is 2.26. The van der Waals surface area contributed by atoms with Crippen LogP contribution in [0.3, 0.4) is 0 Å². The number of hydrogen-bond donors (Lipinski definition) is 2. The van der Waals surface area contributed by atoms with Gasteiger partial charge in [-0.15, -0.1) is 11.3 Å². The number of rotatable bonds is 12. The van der Waals surface area contributed by atoms with Crippen LogP contribution >= 0.6 is 34.0 Å². The van der Waals surface area contributed by atoms with Crippen LogP contribution in [0.5, 0.6) is 5.75 Å². The minimum absolute atomic E-state index is 0.00944. The average Bonchev–Trinajstić information content (AvgIpc) is 3.96. The van der Waals surface area contributed by atoms with Crippen LogP contribution in [0, 0.1) is 0 Å². The molecule has 12 nitrogen and oxygen atoms in total. The van der Waals surface area contributed by atoms with E-state index in [1.165, 1.54) is 11.3 Å². The standard InChI is InChI=1S/C40H38N8O4S3/c49-37(45-38-42-30-9-1-2-10-33(30)53-38)28-8-5-7-26-15-17-48(24-29(26)28)40-44-32(25-52-50)34(54-40)11-6-22-51-27-13-14-31-35(23-27)55-39(43-31)47-20-18-46(19-21-47)36-12-3-4-16-41-36/h1-5,7-10,12-14,16,23,50H,6,11,15,17-22,24-25H2,(H,42,45,49). The number of nitrogens with one attached hydrogen (secondary N) is 1. The lowest BCUT2D eigenvalue weighted by atomic mass is 9.94.